The molecule has 1 aliphatic heterocycles. The number of benzene rings is 1. The molecular weight excluding hydrogens is 374 g/mol. The van der Waals surface area contributed by atoms with Crippen molar-refractivity contribution >= 4 is 16.9 Å². The normalized spacial score (nSPS) is 28.7. The van der Waals surface area contributed by atoms with Gasteiger partial charge in [-0.25, -0.2) is 18.7 Å². The summed E-state index contributed by atoms with van der Waals surface area (Å²) >= 11 is 0. The third kappa shape index (κ3) is 2.65. The summed E-state index contributed by atoms with van der Waals surface area (Å²) in [5.41, 5.74) is 3.79. The molecule has 1 fully saturated rings. The summed E-state index contributed by atoms with van der Waals surface area (Å²) in [4.78, 5) is 7.99. The van der Waals surface area contributed by atoms with Crippen molar-refractivity contribution in [3.8, 4) is 0 Å². The second kappa shape index (κ2) is 6.45. The fourth-order valence-corrected chi connectivity index (χ4v) is 3.54. The van der Waals surface area contributed by atoms with E-state index in [-0.39, 0.29) is 11.4 Å². The summed E-state index contributed by atoms with van der Waals surface area (Å²) in [5.74, 6) is -2.17. The van der Waals surface area contributed by atoms with Gasteiger partial charge in [0.2, 0.25) is 0 Å². The van der Waals surface area contributed by atoms with Crippen LogP contribution in [0.15, 0.2) is 36.8 Å². The Balaban J connectivity index is 1.73. The van der Waals surface area contributed by atoms with Gasteiger partial charge in [-0.05, 0) is 19.1 Å². The Bertz CT molecular complexity index is 1040. The molecule has 0 saturated carbocycles. The fraction of sp³-hybridized carbons (Fsp3) is 0.333. The number of nitrogen functional groups attached to an aromatic ring is 1. The van der Waals surface area contributed by atoms with Crippen molar-refractivity contribution in [2.75, 3.05) is 5.73 Å². The summed E-state index contributed by atoms with van der Waals surface area (Å²) in [6.45, 7) is 1.25. The number of nitrogens with zero attached hydrogens (tertiary/aromatic N) is 3. The van der Waals surface area contributed by atoms with Gasteiger partial charge in [-0.1, -0.05) is 12.1 Å². The van der Waals surface area contributed by atoms with E-state index >= 15 is 0 Å². The Morgan fingerprint density at radius 1 is 1.29 bits per heavy atom. The quantitative estimate of drug-likeness (QED) is 0.524. The van der Waals surface area contributed by atoms with Crippen LogP contribution in [-0.2, 0) is 4.74 Å². The van der Waals surface area contributed by atoms with E-state index in [4.69, 9.17) is 10.5 Å². The first-order valence-corrected chi connectivity index (χ1v) is 8.48. The first-order chi connectivity index (χ1) is 13.2. The predicted molar refractivity (Wildman–Crippen MR) is 93.8 cm³/mol. The van der Waals surface area contributed by atoms with Gasteiger partial charge in [-0.2, -0.15) is 0 Å². The number of fused-ring (bicyclic) bond motifs is 1. The molecule has 1 saturated heterocycles. The lowest BCUT2D eigenvalue weighted by Gasteiger charge is -2.29. The van der Waals surface area contributed by atoms with Crippen molar-refractivity contribution in [1.29, 1.82) is 0 Å². The number of anilines is 1. The van der Waals surface area contributed by atoms with E-state index in [9.17, 15) is 24.1 Å². The highest BCUT2D eigenvalue weighted by Gasteiger charge is 2.56. The smallest absolute Gasteiger partial charge is 0.164 e. The van der Waals surface area contributed by atoms with Crippen LogP contribution in [0.4, 0.5) is 14.6 Å². The lowest BCUT2D eigenvalue weighted by atomic mass is 9.88. The third-order valence-corrected chi connectivity index (χ3v) is 5.13. The van der Waals surface area contributed by atoms with E-state index < -0.39 is 41.8 Å². The molecule has 28 heavy (non-hydrogen) atoms. The summed E-state index contributed by atoms with van der Waals surface area (Å²) < 4.78 is 34.8. The highest BCUT2D eigenvalue weighted by Crippen LogP contribution is 2.43. The number of aromatic nitrogens is 3. The molecular formula is C18H18F2N4O4. The van der Waals surface area contributed by atoms with Gasteiger partial charge in [0.05, 0.1) is 5.39 Å². The van der Waals surface area contributed by atoms with Crippen LogP contribution in [0.2, 0.25) is 0 Å². The molecule has 5 atom stereocenters. The van der Waals surface area contributed by atoms with Gasteiger partial charge in [0, 0.05) is 11.8 Å². The van der Waals surface area contributed by atoms with Crippen molar-refractivity contribution in [2.45, 2.75) is 37.1 Å². The van der Waals surface area contributed by atoms with Gasteiger partial charge in [0.15, 0.2) is 17.9 Å². The monoisotopic (exact) mass is 392 g/mol. The molecule has 10 heteroatoms. The van der Waals surface area contributed by atoms with Crippen molar-refractivity contribution < 1.29 is 28.8 Å². The molecule has 0 radical (unpaired) electrons. The maximum Gasteiger partial charge on any atom is 0.164 e. The standard InChI is InChI=1S/C18H18F2N4O4/c1-18(27)13(26)17(24-6-5-9-15(21)22-7-23-16(9)24)28-14(18)12(25)8-3-2-4-10(19)11(8)20/h2-7,12-14,17,25-27H,1H3,(H2,21,22,23)/t12-,13-,14+,17+,18-/m0/s1. The van der Waals surface area contributed by atoms with E-state index in [0.29, 0.717) is 11.0 Å². The molecule has 3 heterocycles. The zero-order valence-electron chi connectivity index (χ0n) is 14.7. The molecule has 0 bridgehead atoms. The van der Waals surface area contributed by atoms with Crippen LogP contribution in [0.3, 0.4) is 0 Å². The van der Waals surface area contributed by atoms with Crippen LogP contribution >= 0.6 is 0 Å². The van der Waals surface area contributed by atoms with E-state index in [1.807, 2.05) is 0 Å². The number of aliphatic hydroxyl groups is 3. The Morgan fingerprint density at radius 3 is 2.79 bits per heavy atom. The second-order valence-electron chi connectivity index (χ2n) is 6.92. The molecule has 2 aromatic heterocycles. The summed E-state index contributed by atoms with van der Waals surface area (Å²) in [6, 6.07) is 4.94. The average molecular weight is 392 g/mol. The highest BCUT2D eigenvalue weighted by molar-refractivity contribution is 5.86. The molecule has 3 aromatic rings. The van der Waals surface area contributed by atoms with Crippen LogP contribution < -0.4 is 5.73 Å². The maximum absolute atomic E-state index is 14.1. The molecule has 0 unspecified atom stereocenters. The molecule has 1 aromatic carbocycles. The van der Waals surface area contributed by atoms with Gasteiger partial charge in [-0.15, -0.1) is 0 Å². The van der Waals surface area contributed by atoms with E-state index in [1.54, 1.807) is 6.07 Å². The minimum absolute atomic E-state index is 0.224. The minimum atomic E-state index is -1.97. The largest absolute Gasteiger partial charge is 0.385 e. The molecule has 0 amide bonds. The van der Waals surface area contributed by atoms with Crippen LogP contribution in [0, 0.1) is 11.6 Å². The zero-order valence-corrected chi connectivity index (χ0v) is 14.7. The summed E-state index contributed by atoms with van der Waals surface area (Å²) in [7, 11) is 0. The number of nitrogens with two attached hydrogens (primary N) is 1. The maximum atomic E-state index is 14.1. The Hall–Kier alpha value is -2.66. The predicted octanol–water partition coefficient (Wildman–Crippen LogP) is 1.03. The Morgan fingerprint density at radius 2 is 2.04 bits per heavy atom. The molecule has 0 aliphatic carbocycles. The third-order valence-electron chi connectivity index (χ3n) is 5.13. The van der Waals surface area contributed by atoms with Crippen molar-refractivity contribution in [2.24, 2.45) is 0 Å². The van der Waals surface area contributed by atoms with Crippen molar-refractivity contribution in [3.05, 3.63) is 54.0 Å². The van der Waals surface area contributed by atoms with Crippen molar-refractivity contribution in [3.63, 3.8) is 0 Å². The van der Waals surface area contributed by atoms with Crippen LogP contribution in [0.25, 0.3) is 11.0 Å². The van der Waals surface area contributed by atoms with Crippen LogP contribution in [-0.4, -0.2) is 47.7 Å². The van der Waals surface area contributed by atoms with E-state index in [0.717, 1.165) is 6.07 Å². The van der Waals surface area contributed by atoms with E-state index in [2.05, 4.69) is 9.97 Å². The van der Waals surface area contributed by atoms with Gasteiger partial charge < -0.3 is 30.4 Å². The topological polar surface area (TPSA) is 127 Å². The van der Waals surface area contributed by atoms with Crippen LogP contribution in [0.1, 0.15) is 24.8 Å². The summed E-state index contributed by atoms with van der Waals surface area (Å²) in [5, 5.41) is 32.6. The number of hydrogen-bond acceptors (Lipinski definition) is 7. The van der Waals surface area contributed by atoms with Crippen molar-refractivity contribution in [1.82, 2.24) is 14.5 Å². The van der Waals surface area contributed by atoms with Gasteiger partial charge >= 0.3 is 0 Å². The molecule has 1 aliphatic rings. The highest BCUT2D eigenvalue weighted by atomic mass is 19.2. The lowest BCUT2D eigenvalue weighted by Crippen LogP contribution is -2.47. The number of ether oxygens (including phenoxy) is 1. The zero-order chi connectivity index (χ0) is 20.2. The molecule has 8 nitrogen and oxygen atoms in total. The summed E-state index contributed by atoms with van der Waals surface area (Å²) in [6.07, 6.45) is -3.06. The molecule has 4 rings (SSSR count). The first kappa shape index (κ1) is 18.7. The Kier molecular flexibility index (Phi) is 4.31. The molecule has 0 spiro atoms. The number of halogens is 2. The number of hydrogen-bond donors (Lipinski definition) is 4. The molecule has 148 valence electrons. The number of rotatable bonds is 3. The van der Waals surface area contributed by atoms with Gasteiger partial charge in [-0.3, -0.25) is 0 Å². The van der Waals surface area contributed by atoms with Gasteiger partial charge in [0.1, 0.15) is 41.7 Å². The minimum Gasteiger partial charge on any atom is -0.385 e. The second-order valence-corrected chi connectivity index (χ2v) is 6.92. The molecule has 5 N–H and O–H groups in total. The average Bonchev–Trinajstić information content (AvgIpc) is 3.18. The Labute approximate surface area is 157 Å². The number of aliphatic hydroxyl groups excluding tert-OH is 2. The van der Waals surface area contributed by atoms with E-state index in [1.165, 1.54) is 36.1 Å². The van der Waals surface area contributed by atoms with Crippen LogP contribution in [0.5, 0.6) is 0 Å². The SMILES string of the molecule is C[C@@]1(O)[C@@H]([C@@H](O)c2cccc(F)c2F)O[C@@H](n2ccc3c(N)ncnc32)[C@@H]1O. The lowest BCUT2D eigenvalue weighted by molar-refractivity contribution is -0.115. The van der Waals surface area contributed by atoms with Gasteiger partial charge in [0.25, 0.3) is 0 Å². The first-order valence-electron chi connectivity index (χ1n) is 8.48. The fourth-order valence-electron chi connectivity index (χ4n) is 3.54.